The number of esters is 1. The van der Waals surface area contributed by atoms with Gasteiger partial charge in [0.15, 0.2) is 0 Å². The molecule has 1 aromatic carbocycles. The molecule has 0 spiro atoms. The first-order valence-corrected chi connectivity index (χ1v) is 5.27. The molecule has 0 bridgehead atoms. The highest BCUT2D eigenvalue weighted by Crippen LogP contribution is 2.14. The van der Waals surface area contributed by atoms with Crippen LogP contribution >= 0.6 is 0 Å². The van der Waals surface area contributed by atoms with Gasteiger partial charge >= 0.3 is 5.97 Å². The summed E-state index contributed by atoms with van der Waals surface area (Å²) >= 11 is 0. The summed E-state index contributed by atoms with van der Waals surface area (Å²) in [6.45, 7) is 2.91. The molecule has 1 aliphatic rings. The number of rotatable bonds is 2. The van der Waals surface area contributed by atoms with Crippen molar-refractivity contribution in [3.8, 4) is 5.75 Å². The van der Waals surface area contributed by atoms with Crippen LogP contribution in [0.4, 0.5) is 0 Å². The van der Waals surface area contributed by atoms with Crippen LogP contribution in [0.3, 0.4) is 0 Å². The van der Waals surface area contributed by atoms with Crippen molar-refractivity contribution in [2.45, 2.75) is 25.8 Å². The third-order valence-electron chi connectivity index (χ3n) is 2.58. The molecule has 0 radical (unpaired) electrons. The third-order valence-corrected chi connectivity index (χ3v) is 2.58. The molecule has 0 saturated carbocycles. The summed E-state index contributed by atoms with van der Waals surface area (Å²) in [5.41, 5.74) is 1.16. The van der Waals surface area contributed by atoms with Crippen molar-refractivity contribution in [3.63, 3.8) is 0 Å². The lowest BCUT2D eigenvalue weighted by Gasteiger charge is -2.09. The molecule has 1 aromatic rings. The van der Waals surface area contributed by atoms with E-state index in [0.717, 1.165) is 24.9 Å². The van der Waals surface area contributed by atoms with Crippen molar-refractivity contribution in [1.82, 2.24) is 5.32 Å². The second-order valence-electron chi connectivity index (χ2n) is 3.88. The van der Waals surface area contributed by atoms with E-state index in [0.29, 0.717) is 5.75 Å². The van der Waals surface area contributed by atoms with Crippen LogP contribution in [0, 0.1) is 6.92 Å². The number of benzene rings is 1. The van der Waals surface area contributed by atoms with Crippen LogP contribution in [0.25, 0.3) is 0 Å². The molecular formula is C12H15NO2. The maximum absolute atomic E-state index is 11.6. The molecule has 0 aromatic heterocycles. The fraction of sp³-hybridized carbons (Fsp3) is 0.417. The van der Waals surface area contributed by atoms with Gasteiger partial charge in [-0.3, -0.25) is 0 Å². The Morgan fingerprint density at radius 1 is 1.40 bits per heavy atom. The summed E-state index contributed by atoms with van der Waals surface area (Å²) in [5, 5.41) is 3.11. The van der Waals surface area contributed by atoms with Crippen LogP contribution in [0.2, 0.25) is 0 Å². The summed E-state index contributed by atoms with van der Waals surface area (Å²) in [6.07, 6.45) is 1.93. The van der Waals surface area contributed by atoms with Gasteiger partial charge < -0.3 is 10.1 Å². The predicted octanol–water partition coefficient (Wildman–Crippen LogP) is 1.65. The number of hydrogen-bond acceptors (Lipinski definition) is 3. The largest absolute Gasteiger partial charge is 0.425 e. The first kappa shape index (κ1) is 10.2. The molecular weight excluding hydrogens is 190 g/mol. The highest BCUT2D eigenvalue weighted by molar-refractivity contribution is 5.78. The van der Waals surface area contributed by atoms with Gasteiger partial charge in [0.1, 0.15) is 11.8 Å². The molecule has 0 aliphatic carbocycles. The van der Waals surface area contributed by atoms with Gasteiger partial charge in [0, 0.05) is 0 Å². The molecule has 2 rings (SSSR count). The molecule has 15 heavy (non-hydrogen) atoms. The Morgan fingerprint density at radius 2 is 2.13 bits per heavy atom. The summed E-state index contributed by atoms with van der Waals surface area (Å²) in [4.78, 5) is 11.6. The van der Waals surface area contributed by atoms with Gasteiger partial charge in [-0.15, -0.1) is 0 Å². The van der Waals surface area contributed by atoms with E-state index in [-0.39, 0.29) is 12.0 Å². The Bertz CT molecular complexity index is 339. The van der Waals surface area contributed by atoms with E-state index in [9.17, 15) is 4.79 Å². The standard InChI is InChI=1S/C12H15NO2/c1-9-4-6-10(7-5-9)15-12(14)11-3-2-8-13-11/h4-7,11,13H,2-3,8H2,1H3. The minimum atomic E-state index is -0.170. The lowest BCUT2D eigenvalue weighted by molar-refractivity contribution is -0.136. The smallest absolute Gasteiger partial charge is 0.328 e. The third kappa shape index (κ3) is 2.57. The van der Waals surface area contributed by atoms with Crippen molar-refractivity contribution in [3.05, 3.63) is 29.8 Å². The van der Waals surface area contributed by atoms with Gasteiger partial charge in [0.2, 0.25) is 0 Å². The van der Waals surface area contributed by atoms with E-state index in [4.69, 9.17) is 4.74 Å². The summed E-state index contributed by atoms with van der Waals surface area (Å²) in [7, 11) is 0. The number of carbonyl (C=O) groups excluding carboxylic acids is 1. The SMILES string of the molecule is Cc1ccc(OC(=O)C2CCCN2)cc1. The fourth-order valence-electron chi connectivity index (χ4n) is 1.68. The van der Waals surface area contributed by atoms with Gasteiger partial charge in [-0.25, -0.2) is 4.79 Å². The Balaban J connectivity index is 1.96. The number of ether oxygens (including phenoxy) is 1. The van der Waals surface area contributed by atoms with Gasteiger partial charge in [-0.1, -0.05) is 17.7 Å². The van der Waals surface area contributed by atoms with Crippen LogP contribution in [0.1, 0.15) is 18.4 Å². The average molecular weight is 205 g/mol. The molecule has 1 unspecified atom stereocenters. The lowest BCUT2D eigenvalue weighted by Crippen LogP contribution is -2.34. The number of hydrogen-bond donors (Lipinski definition) is 1. The topological polar surface area (TPSA) is 38.3 Å². The highest BCUT2D eigenvalue weighted by atomic mass is 16.5. The minimum Gasteiger partial charge on any atom is -0.425 e. The highest BCUT2D eigenvalue weighted by Gasteiger charge is 2.23. The molecule has 3 heteroatoms. The zero-order chi connectivity index (χ0) is 10.7. The van der Waals surface area contributed by atoms with Crippen LogP contribution in [-0.4, -0.2) is 18.6 Å². The van der Waals surface area contributed by atoms with Crippen molar-refractivity contribution >= 4 is 5.97 Å². The Labute approximate surface area is 89.4 Å². The van der Waals surface area contributed by atoms with E-state index in [2.05, 4.69) is 5.32 Å². The predicted molar refractivity (Wildman–Crippen MR) is 57.8 cm³/mol. The first-order valence-electron chi connectivity index (χ1n) is 5.27. The molecule has 0 amide bonds. The van der Waals surface area contributed by atoms with E-state index in [1.807, 2.05) is 31.2 Å². The van der Waals surface area contributed by atoms with E-state index in [1.54, 1.807) is 0 Å². The van der Waals surface area contributed by atoms with Crippen molar-refractivity contribution in [1.29, 1.82) is 0 Å². The van der Waals surface area contributed by atoms with E-state index >= 15 is 0 Å². The van der Waals surface area contributed by atoms with Crippen molar-refractivity contribution in [2.24, 2.45) is 0 Å². The second-order valence-corrected chi connectivity index (χ2v) is 3.88. The van der Waals surface area contributed by atoms with Crippen LogP contribution in [-0.2, 0) is 4.79 Å². The number of carbonyl (C=O) groups is 1. The number of nitrogens with one attached hydrogen (secondary N) is 1. The van der Waals surface area contributed by atoms with Crippen LogP contribution in [0.15, 0.2) is 24.3 Å². The summed E-state index contributed by atoms with van der Waals surface area (Å²) < 4.78 is 5.25. The first-order chi connectivity index (χ1) is 7.25. The van der Waals surface area contributed by atoms with Gasteiger partial charge in [-0.05, 0) is 38.4 Å². The zero-order valence-corrected chi connectivity index (χ0v) is 8.82. The van der Waals surface area contributed by atoms with E-state index < -0.39 is 0 Å². The van der Waals surface area contributed by atoms with Crippen LogP contribution < -0.4 is 10.1 Å². The van der Waals surface area contributed by atoms with Gasteiger partial charge in [0.05, 0.1) is 0 Å². The van der Waals surface area contributed by atoms with Crippen LogP contribution in [0.5, 0.6) is 5.75 Å². The van der Waals surface area contributed by atoms with Crippen molar-refractivity contribution < 1.29 is 9.53 Å². The molecule has 1 saturated heterocycles. The molecule has 3 nitrogen and oxygen atoms in total. The summed E-state index contributed by atoms with van der Waals surface area (Å²) in [6, 6.07) is 7.39. The monoisotopic (exact) mass is 205 g/mol. The number of aryl methyl sites for hydroxylation is 1. The Kier molecular flexibility index (Phi) is 3.02. The molecule has 80 valence electrons. The molecule has 1 fully saturated rings. The molecule has 1 N–H and O–H groups in total. The van der Waals surface area contributed by atoms with Crippen molar-refractivity contribution in [2.75, 3.05) is 6.54 Å². The van der Waals surface area contributed by atoms with Gasteiger partial charge in [0.25, 0.3) is 0 Å². The second kappa shape index (κ2) is 4.45. The zero-order valence-electron chi connectivity index (χ0n) is 8.82. The minimum absolute atomic E-state index is 0.119. The molecule has 1 atom stereocenters. The quantitative estimate of drug-likeness (QED) is 0.589. The Hall–Kier alpha value is -1.35. The Morgan fingerprint density at radius 3 is 2.73 bits per heavy atom. The summed E-state index contributed by atoms with van der Waals surface area (Å²) in [5.74, 6) is 0.454. The average Bonchev–Trinajstić information content (AvgIpc) is 2.74. The normalized spacial score (nSPS) is 20.2. The molecule has 1 aliphatic heterocycles. The fourth-order valence-corrected chi connectivity index (χ4v) is 1.68. The molecule has 1 heterocycles. The maximum Gasteiger partial charge on any atom is 0.328 e. The lowest BCUT2D eigenvalue weighted by atomic mass is 10.2. The van der Waals surface area contributed by atoms with E-state index in [1.165, 1.54) is 0 Å². The maximum atomic E-state index is 11.6. The van der Waals surface area contributed by atoms with Gasteiger partial charge in [-0.2, -0.15) is 0 Å².